The Kier molecular flexibility index (Phi) is 5.37. The molecule has 0 atom stereocenters. The Morgan fingerprint density at radius 3 is 2.27 bits per heavy atom. The third kappa shape index (κ3) is 3.39. The van der Waals surface area contributed by atoms with E-state index in [2.05, 4.69) is 21.7 Å². The number of esters is 1. The fraction of sp³-hybridized carbons (Fsp3) is 0.625. The van der Waals surface area contributed by atoms with Gasteiger partial charge in [-0.25, -0.2) is 4.79 Å². The quantitative estimate of drug-likeness (QED) is 0.655. The van der Waals surface area contributed by atoms with Crippen molar-refractivity contribution in [1.29, 1.82) is 0 Å². The maximum Gasteiger partial charge on any atom is 0.339 e. The van der Waals surface area contributed by atoms with Gasteiger partial charge in [0.1, 0.15) is 0 Å². The number of nitrogens with one attached hydrogen (secondary N) is 1. The van der Waals surface area contributed by atoms with E-state index in [1.807, 2.05) is 0 Å². The van der Waals surface area contributed by atoms with E-state index < -0.39 is 5.97 Å². The Hall–Kier alpha value is -1.66. The van der Waals surface area contributed by atoms with E-state index in [-0.39, 0.29) is 5.78 Å². The highest BCUT2D eigenvalue weighted by Gasteiger charge is 2.24. The Morgan fingerprint density at radius 2 is 1.73 bits per heavy atom. The topological polar surface area (TPSA) is 65.6 Å². The summed E-state index contributed by atoms with van der Waals surface area (Å²) in [6, 6.07) is 0. The Bertz CT molecular complexity index is 557. The number of aromatic amines is 1. The summed E-state index contributed by atoms with van der Waals surface area (Å²) >= 11 is 0. The number of ether oxygens (including phenoxy) is 1. The zero-order valence-corrected chi connectivity index (χ0v) is 13.9. The summed E-state index contributed by atoms with van der Waals surface area (Å²) in [7, 11) is 1.35. The smallest absolute Gasteiger partial charge is 0.339 e. The summed E-state index contributed by atoms with van der Waals surface area (Å²) in [4.78, 5) is 31.9. The summed E-state index contributed by atoms with van der Waals surface area (Å²) < 4.78 is 4.78. The van der Waals surface area contributed by atoms with Crippen LogP contribution in [0.2, 0.25) is 0 Å². The van der Waals surface area contributed by atoms with Crippen LogP contribution >= 0.6 is 0 Å². The number of ketones is 1. The molecule has 22 heavy (non-hydrogen) atoms. The highest BCUT2D eigenvalue weighted by molar-refractivity contribution is 6.02. The minimum absolute atomic E-state index is 0.0284. The Morgan fingerprint density at radius 1 is 1.14 bits per heavy atom. The van der Waals surface area contributed by atoms with Gasteiger partial charge in [-0.1, -0.05) is 6.92 Å². The van der Waals surface area contributed by atoms with Crippen molar-refractivity contribution in [2.24, 2.45) is 0 Å². The van der Waals surface area contributed by atoms with Crippen LogP contribution in [-0.4, -0.2) is 72.9 Å². The highest BCUT2D eigenvalue weighted by atomic mass is 16.5. The number of nitrogens with zero attached hydrogens (tertiary/aromatic N) is 2. The van der Waals surface area contributed by atoms with Crippen molar-refractivity contribution in [3.8, 4) is 0 Å². The molecule has 1 aromatic heterocycles. The number of likely N-dealkylation sites (N-methyl/N-ethyl adjacent to an activating group) is 1. The number of hydrogen-bond donors (Lipinski definition) is 1. The predicted octanol–water partition coefficient (Wildman–Crippen LogP) is 1.24. The van der Waals surface area contributed by atoms with E-state index in [0.717, 1.165) is 32.7 Å². The molecule has 0 spiro atoms. The summed E-state index contributed by atoms with van der Waals surface area (Å²) in [6.45, 7) is 11.0. The van der Waals surface area contributed by atoms with Gasteiger partial charge in [-0.3, -0.25) is 9.69 Å². The molecular formula is C16H25N3O3. The molecule has 6 nitrogen and oxygen atoms in total. The minimum atomic E-state index is -0.401. The molecule has 122 valence electrons. The second kappa shape index (κ2) is 7.07. The van der Waals surface area contributed by atoms with E-state index in [9.17, 15) is 9.59 Å². The van der Waals surface area contributed by atoms with Crippen LogP contribution in [0.1, 0.15) is 39.0 Å². The molecule has 1 saturated heterocycles. The Balaban J connectivity index is 2.06. The number of hydrogen-bond acceptors (Lipinski definition) is 5. The maximum absolute atomic E-state index is 12.5. The molecule has 1 aromatic rings. The molecule has 1 fully saturated rings. The Labute approximate surface area is 131 Å². The molecule has 0 bridgehead atoms. The molecule has 1 aliphatic rings. The van der Waals surface area contributed by atoms with E-state index in [1.165, 1.54) is 7.11 Å². The van der Waals surface area contributed by atoms with Crippen LogP contribution in [-0.2, 0) is 4.74 Å². The van der Waals surface area contributed by atoms with E-state index in [1.54, 1.807) is 13.8 Å². The lowest BCUT2D eigenvalue weighted by Gasteiger charge is -2.33. The number of Topliss-reactive ketones (excluding diaryl/α,β-unsaturated/α-hetero) is 1. The number of H-pyrrole nitrogens is 1. The van der Waals surface area contributed by atoms with Gasteiger partial charge in [0, 0.05) is 31.9 Å². The van der Waals surface area contributed by atoms with E-state index in [4.69, 9.17) is 4.74 Å². The summed E-state index contributed by atoms with van der Waals surface area (Å²) in [5.74, 6) is -0.373. The molecule has 2 rings (SSSR count). The highest BCUT2D eigenvalue weighted by Crippen LogP contribution is 2.19. The third-order valence-electron chi connectivity index (χ3n) is 4.39. The molecule has 2 heterocycles. The van der Waals surface area contributed by atoms with Gasteiger partial charge >= 0.3 is 5.97 Å². The first-order valence-corrected chi connectivity index (χ1v) is 7.73. The van der Waals surface area contributed by atoms with Gasteiger partial charge in [0.2, 0.25) is 0 Å². The maximum atomic E-state index is 12.5. The van der Waals surface area contributed by atoms with Gasteiger partial charge in [0.05, 0.1) is 24.9 Å². The summed E-state index contributed by atoms with van der Waals surface area (Å²) in [5, 5.41) is 0. The molecule has 0 radical (unpaired) electrons. The van der Waals surface area contributed by atoms with Crippen molar-refractivity contribution in [3.63, 3.8) is 0 Å². The minimum Gasteiger partial charge on any atom is -0.465 e. The van der Waals surface area contributed by atoms with Gasteiger partial charge < -0.3 is 14.6 Å². The number of aryl methyl sites for hydroxylation is 1. The van der Waals surface area contributed by atoms with E-state index in [0.29, 0.717) is 29.1 Å². The van der Waals surface area contributed by atoms with Crippen molar-refractivity contribution in [2.75, 3.05) is 46.4 Å². The number of methoxy groups -OCH3 is 1. The number of piperazine rings is 1. The largest absolute Gasteiger partial charge is 0.465 e. The number of carbonyl (C=O) groups is 2. The van der Waals surface area contributed by atoms with Gasteiger partial charge in [-0.15, -0.1) is 0 Å². The monoisotopic (exact) mass is 307 g/mol. The van der Waals surface area contributed by atoms with Crippen LogP contribution in [0.5, 0.6) is 0 Å². The zero-order valence-electron chi connectivity index (χ0n) is 13.9. The molecule has 1 N–H and O–H groups in total. The molecule has 0 aromatic carbocycles. The van der Waals surface area contributed by atoms with Gasteiger partial charge in [0.25, 0.3) is 0 Å². The second-order valence-electron chi connectivity index (χ2n) is 5.75. The lowest BCUT2D eigenvalue weighted by molar-refractivity contribution is 0.0599. The van der Waals surface area contributed by atoms with Gasteiger partial charge in [-0.2, -0.15) is 0 Å². The van der Waals surface area contributed by atoms with Crippen LogP contribution in [0.15, 0.2) is 0 Å². The van der Waals surface area contributed by atoms with E-state index >= 15 is 0 Å². The van der Waals surface area contributed by atoms with Gasteiger partial charge in [-0.05, 0) is 26.0 Å². The third-order valence-corrected chi connectivity index (χ3v) is 4.39. The first kappa shape index (κ1) is 16.7. The number of aromatic nitrogens is 1. The summed E-state index contributed by atoms with van der Waals surface area (Å²) in [6.07, 6.45) is 0. The van der Waals surface area contributed by atoms with Crippen molar-refractivity contribution >= 4 is 11.8 Å². The van der Waals surface area contributed by atoms with Crippen LogP contribution in [0.4, 0.5) is 0 Å². The van der Waals surface area contributed by atoms with Crippen molar-refractivity contribution in [1.82, 2.24) is 14.8 Å². The molecule has 0 saturated carbocycles. The fourth-order valence-electron chi connectivity index (χ4n) is 2.98. The normalized spacial score (nSPS) is 16.7. The van der Waals surface area contributed by atoms with Crippen molar-refractivity contribution in [2.45, 2.75) is 20.8 Å². The predicted molar refractivity (Wildman–Crippen MR) is 84.5 cm³/mol. The molecule has 0 amide bonds. The zero-order chi connectivity index (χ0) is 16.3. The van der Waals surface area contributed by atoms with Crippen LogP contribution in [0, 0.1) is 13.8 Å². The molecule has 0 aliphatic carbocycles. The second-order valence-corrected chi connectivity index (χ2v) is 5.75. The SMILES string of the molecule is CCN1CCN(CC(=O)c2[nH]c(C)c(C(=O)OC)c2C)CC1. The average molecular weight is 307 g/mol. The van der Waals surface area contributed by atoms with Crippen LogP contribution in [0.25, 0.3) is 0 Å². The van der Waals surface area contributed by atoms with Crippen LogP contribution in [0.3, 0.4) is 0 Å². The number of carbonyl (C=O) groups excluding carboxylic acids is 2. The summed E-state index contributed by atoms with van der Waals surface area (Å²) in [5.41, 5.74) is 2.36. The molecule has 1 aliphatic heterocycles. The molecular weight excluding hydrogens is 282 g/mol. The van der Waals surface area contributed by atoms with Crippen molar-refractivity contribution < 1.29 is 14.3 Å². The van der Waals surface area contributed by atoms with Crippen LogP contribution < -0.4 is 0 Å². The fourth-order valence-corrected chi connectivity index (χ4v) is 2.98. The average Bonchev–Trinajstić information content (AvgIpc) is 2.82. The molecule has 6 heteroatoms. The van der Waals surface area contributed by atoms with Crippen molar-refractivity contribution in [3.05, 3.63) is 22.5 Å². The lowest BCUT2D eigenvalue weighted by atomic mass is 10.1. The first-order chi connectivity index (χ1) is 10.5. The lowest BCUT2D eigenvalue weighted by Crippen LogP contribution is -2.47. The van der Waals surface area contributed by atoms with Gasteiger partial charge in [0.15, 0.2) is 5.78 Å². The standard InChI is InChI=1S/C16H25N3O3/c1-5-18-6-8-19(9-7-18)10-13(20)15-11(2)14(12(3)17-15)16(21)22-4/h17H,5-10H2,1-4H3. The molecule has 0 unspecified atom stereocenters. The first-order valence-electron chi connectivity index (χ1n) is 7.73. The number of rotatable bonds is 5.